The van der Waals surface area contributed by atoms with Gasteiger partial charge in [0.2, 0.25) is 5.91 Å². The van der Waals surface area contributed by atoms with Crippen molar-refractivity contribution in [1.82, 2.24) is 4.90 Å². The Kier molecular flexibility index (Phi) is 6.49. The zero-order chi connectivity index (χ0) is 19.2. The second-order valence-corrected chi connectivity index (χ2v) is 7.67. The van der Waals surface area contributed by atoms with Gasteiger partial charge in [-0.1, -0.05) is 42.0 Å². The monoisotopic (exact) mass is 367 g/mol. The highest BCUT2D eigenvalue weighted by Crippen LogP contribution is 2.35. The molecule has 0 bridgehead atoms. The molecular weight excluding hydrogens is 338 g/mol. The van der Waals surface area contributed by atoms with E-state index in [0.29, 0.717) is 25.5 Å². The van der Waals surface area contributed by atoms with Crippen LogP contribution in [-0.2, 0) is 20.9 Å². The second kappa shape index (κ2) is 9.03. The van der Waals surface area contributed by atoms with Crippen LogP contribution in [-0.4, -0.2) is 29.4 Å². The number of carbonyl (C=O) groups excluding carboxylic acids is 2. The number of benzene rings is 1. The van der Waals surface area contributed by atoms with Crippen molar-refractivity contribution in [3.8, 4) is 0 Å². The molecule has 1 aliphatic heterocycles. The van der Waals surface area contributed by atoms with Crippen molar-refractivity contribution in [2.45, 2.75) is 58.5 Å². The zero-order valence-corrected chi connectivity index (χ0v) is 16.3. The summed E-state index contributed by atoms with van der Waals surface area (Å²) >= 11 is 0. The van der Waals surface area contributed by atoms with Gasteiger partial charge < -0.3 is 9.64 Å². The molecule has 0 radical (unpaired) electrons. The molecule has 1 aromatic rings. The lowest BCUT2D eigenvalue weighted by molar-refractivity contribution is -0.137. The fourth-order valence-electron chi connectivity index (χ4n) is 4.32. The second-order valence-electron chi connectivity index (χ2n) is 7.67. The average molecular weight is 367 g/mol. The molecule has 1 aliphatic carbocycles. The highest BCUT2D eigenvalue weighted by molar-refractivity contribution is 5.83. The predicted octanol–water partition coefficient (Wildman–Crippen LogP) is 4.41. The van der Waals surface area contributed by atoms with Crippen molar-refractivity contribution < 1.29 is 14.3 Å². The Hall–Kier alpha value is -2.36. The van der Waals surface area contributed by atoms with E-state index in [4.69, 9.17) is 4.74 Å². The maximum atomic E-state index is 12.4. The first-order chi connectivity index (χ1) is 13.0. The van der Waals surface area contributed by atoms with Gasteiger partial charge in [-0.05, 0) is 56.6 Å². The Morgan fingerprint density at radius 3 is 2.78 bits per heavy atom. The summed E-state index contributed by atoms with van der Waals surface area (Å²) in [6.45, 7) is 5.02. The Balaban J connectivity index is 1.65. The Morgan fingerprint density at radius 1 is 1.26 bits per heavy atom. The number of esters is 1. The van der Waals surface area contributed by atoms with E-state index in [2.05, 4.69) is 30.0 Å². The summed E-state index contributed by atoms with van der Waals surface area (Å²) in [5, 5.41) is 0. The molecule has 1 saturated heterocycles. The third kappa shape index (κ3) is 5.31. The van der Waals surface area contributed by atoms with Crippen LogP contribution in [0.25, 0.3) is 0 Å². The van der Waals surface area contributed by atoms with Crippen LogP contribution in [0, 0.1) is 5.92 Å². The van der Waals surface area contributed by atoms with Gasteiger partial charge in [-0.3, -0.25) is 4.79 Å². The fraction of sp³-hybridized carbons (Fsp3) is 0.478. The number of carbonyl (C=O) groups is 2. The quantitative estimate of drug-likeness (QED) is 0.552. The van der Waals surface area contributed by atoms with Crippen molar-refractivity contribution in [2.75, 3.05) is 6.61 Å². The first-order valence-electron chi connectivity index (χ1n) is 9.93. The summed E-state index contributed by atoms with van der Waals surface area (Å²) in [6, 6.07) is 10.5. The lowest BCUT2D eigenvalue weighted by Gasteiger charge is -2.30. The lowest BCUT2D eigenvalue weighted by Crippen LogP contribution is -2.34. The van der Waals surface area contributed by atoms with Crippen molar-refractivity contribution in [3.05, 3.63) is 59.2 Å². The highest BCUT2D eigenvalue weighted by Gasteiger charge is 2.33. The third-order valence-corrected chi connectivity index (χ3v) is 5.41. The number of hydrogen-bond acceptors (Lipinski definition) is 3. The minimum atomic E-state index is -0.265. The van der Waals surface area contributed by atoms with E-state index in [9.17, 15) is 9.59 Å². The molecule has 4 heteroatoms. The number of amides is 1. The van der Waals surface area contributed by atoms with Gasteiger partial charge in [-0.25, -0.2) is 4.79 Å². The van der Waals surface area contributed by atoms with Gasteiger partial charge in [0, 0.05) is 25.1 Å². The molecule has 1 heterocycles. The first-order valence-corrected chi connectivity index (χ1v) is 9.93. The molecule has 144 valence electrons. The lowest BCUT2D eigenvalue weighted by atomic mass is 9.82. The molecule has 2 aliphatic rings. The van der Waals surface area contributed by atoms with Crippen molar-refractivity contribution >= 4 is 11.9 Å². The van der Waals surface area contributed by atoms with E-state index < -0.39 is 0 Å². The minimum Gasteiger partial charge on any atom is -0.463 e. The van der Waals surface area contributed by atoms with Gasteiger partial charge >= 0.3 is 5.97 Å². The van der Waals surface area contributed by atoms with Crippen LogP contribution in [0.4, 0.5) is 0 Å². The molecule has 0 saturated carbocycles. The van der Waals surface area contributed by atoms with Crippen molar-refractivity contribution in [1.29, 1.82) is 0 Å². The Labute approximate surface area is 161 Å². The normalized spacial score (nSPS) is 24.2. The van der Waals surface area contributed by atoms with E-state index in [1.165, 1.54) is 11.1 Å². The maximum absolute atomic E-state index is 12.4. The molecular formula is C23H29NO3. The molecule has 27 heavy (non-hydrogen) atoms. The zero-order valence-electron chi connectivity index (χ0n) is 16.3. The Morgan fingerprint density at radius 2 is 2.04 bits per heavy atom. The topological polar surface area (TPSA) is 46.6 Å². The molecule has 0 spiro atoms. The molecule has 1 amide bonds. The van der Waals surface area contributed by atoms with Gasteiger partial charge in [0.15, 0.2) is 0 Å². The number of nitrogens with zero attached hydrogens (tertiary/aromatic N) is 1. The molecule has 3 rings (SSSR count). The van der Waals surface area contributed by atoms with Crippen LogP contribution in [0.3, 0.4) is 0 Å². The molecule has 1 aromatic carbocycles. The van der Waals surface area contributed by atoms with E-state index in [0.717, 1.165) is 31.3 Å². The Bertz CT molecular complexity index is 735. The van der Waals surface area contributed by atoms with E-state index >= 15 is 0 Å². The maximum Gasteiger partial charge on any atom is 0.331 e. The van der Waals surface area contributed by atoms with Gasteiger partial charge in [-0.2, -0.15) is 0 Å². The highest BCUT2D eigenvalue weighted by atomic mass is 16.5. The molecule has 0 N–H and O–H groups in total. The van der Waals surface area contributed by atoms with Gasteiger partial charge in [0.05, 0.1) is 6.61 Å². The van der Waals surface area contributed by atoms with E-state index in [1.807, 2.05) is 25.1 Å². The summed E-state index contributed by atoms with van der Waals surface area (Å²) < 4.78 is 5.05. The van der Waals surface area contributed by atoms with E-state index in [-0.39, 0.29) is 17.9 Å². The van der Waals surface area contributed by atoms with Crippen molar-refractivity contribution in [2.24, 2.45) is 5.92 Å². The van der Waals surface area contributed by atoms with Gasteiger partial charge in [0.1, 0.15) is 0 Å². The number of hydrogen-bond donors (Lipinski definition) is 0. The van der Waals surface area contributed by atoms with Crippen LogP contribution in [0.1, 0.15) is 51.5 Å². The summed E-state index contributed by atoms with van der Waals surface area (Å²) in [7, 11) is 0. The molecule has 4 nitrogen and oxygen atoms in total. The van der Waals surface area contributed by atoms with Crippen LogP contribution >= 0.6 is 0 Å². The predicted molar refractivity (Wildman–Crippen MR) is 106 cm³/mol. The van der Waals surface area contributed by atoms with Crippen molar-refractivity contribution in [3.63, 3.8) is 0 Å². The smallest absolute Gasteiger partial charge is 0.331 e. The first kappa shape index (κ1) is 19.4. The SMILES string of the molecule is CCOC(=O)C=C1C=C(C)C[C@H](CC2CCC(=O)N2Cc2ccccc2)C1. The van der Waals surface area contributed by atoms with Crippen LogP contribution < -0.4 is 0 Å². The number of ether oxygens (including phenoxy) is 1. The van der Waals surface area contributed by atoms with E-state index in [1.54, 1.807) is 6.08 Å². The minimum absolute atomic E-state index is 0.259. The summed E-state index contributed by atoms with van der Waals surface area (Å²) in [6.07, 6.45) is 8.20. The average Bonchev–Trinajstić information content (AvgIpc) is 2.95. The number of rotatable bonds is 6. The molecule has 1 unspecified atom stereocenters. The largest absolute Gasteiger partial charge is 0.463 e. The van der Waals surface area contributed by atoms with Gasteiger partial charge in [-0.15, -0.1) is 0 Å². The number of likely N-dealkylation sites (tertiary alicyclic amines) is 1. The molecule has 1 fully saturated rings. The van der Waals surface area contributed by atoms with Crippen LogP contribution in [0.5, 0.6) is 0 Å². The van der Waals surface area contributed by atoms with Crippen LogP contribution in [0.2, 0.25) is 0 Å². The molecule has 2 atom stereocenters. The summed E-state index contributed by atoms with van der Waals surface area (Å²) in [5.41, 5.74) is 3.52. The summed E-state index contributed by atoms with van der Waals surface area (Å²) in [5.74, 6) is 0.456. The fourth-order valence-corrected chi connectivity index (χ4v) is 4.32. The van der Waals surface area contributed by atoms with Crippen LogP contribution in [0.15, 0.2) is 53.6 Å². The standard InChI is InChI=1S/C23H29NO3/c1-3-27-23(26)15-20-12-17(2)11-19(13-20)14-21-9-10-22(25)24(21)16-18-7-5-4-6-8-18/h4-8,12,15,19,21H,3,9-11,13-14,16H2,1-2H3/t19-,21?/m0/s1. The third-order valence-electron chi connectivity index (χ3n) is 5.41. The number of allylic oxidation sites excluding steroid dienone is 3. The van der Waals surface area contributed by atoms with Gasteiger partial charge in [0.25, 0.3) is 0 Å². The molecule has 0 aromatic heterocycles. The summed E-state index contributed by atoms with van der Waals surface area (Å²) in [4.78, 5) is 26.3.